The minimum atomic E-state index is -0.552. The number of aliphatic imine (C=N–C) groups is 1. The molecule has 0 radical (unpaired) electrons. The molecule has 0 amide bonds. The van der Waals surface area contributed by atoms with Gasteiger partial charge >= 0.3 is 0 Å². The van der Waals surface area contributed by atoms with Gasteiger partial charge in [-0.05, 0) is 43.2 Å². The van der Waals surface area contributed by atoms with Gasteiger partial charge in [-0.2, -0.15) is 0 Å². The molecule has 0 heterocycles. The number of benzene rings is 1. The van der Waals surface area contributed by atoms with Gasteiger partial charge in [0.05, 0.1) is 19.3 Å². The molecule has 0 fully saturated rings. The van der Waals surface area contributed by atoms with Crippen molar-refractivity contribution in [3.05, 3.63) is 29.3 Å². The lowest BCUT2D eigenvalue weighted by Crippen LogP contribution is -2.42. The summed E-state index contributed by atoms with van der Waals surface area (Å²) >= 11 is 1.74. The standard InChI is InChI=1S/C19H33N3O2S/c1-6-20-19(22-11-17(23)13-24-12-14(2)3)21-10-16-8-7-15(4)9-18(16)25-5/h7-9,14,17,23H,6,10-13H2,1-5H3,(H2,20,21,22). The number of nitrogens with zero attached hydrogens (tertiary/aromatic N) is 1. The Bertz CT molecular complexity index is 535. The first-order valence-electron chi connectivity index (χ1n) is 8.87. The van der Waals surface area contributed by atoms with Gasteiger partial charge in [0.15, 0.2) is 5.96 Å². The lowest BCUT2D eigenvalue weighted by atomic mass is 10.1. The van der Waals surface area contributed by atoms with Gasteiger partial charge in [0.1, 0.15) is 0 Å². The molecule has 1 rings (SSSR count). The number of aryl methyl sites for hydroxylation is 1. The minimum Gasteiger partial charge on any atom is -0.389 e. The fraction of sp³-hybridized carbons (Fsp3) is 0.632. The monoisotopic (exact) mass is 367 g/mol. The van der Waals surface area contributed by atoms with Crippen LogP contribution < -0.4 is 10.6 Å². The second-order valence-electron chi connectivity index (χ2n) is 6.48. The van der Waals surface area contributed by atoms with E-state index in [-0.39, 0.29) is 0 Å². The van der Waals surface area contributed by atoms with E-state index in [1.165, 1.54) is 16.0 Å². The molecule has 0 bridgehead atoms. The van der Waals surface area contributed by atoms with Crippen molar-refractivity contribution in [3.63, 3.8) is 0 Å². The third kappa shape index (κ3) is 9.14. The molecule has 0 aliphatic rings. The van der Waals surface area contributed by atoms with Crippen molar-refractivity contribution in [1.29, 1.82) is 0 Å². The first-order chi connectivity index (χ1) is 12.0. The highest BCUT2D eigenvalue weighted by Crippen LogP contribution is 2.22. The highest BCUT2D eigenvalue weighted by atomic mass is 32.2. The van der Waals surface area contributed by atoms with Crippen molar-refractivity contribution in [1.82, 2.24) is 10.6 Å². The van der Waals surface area contributed by atoms with Crippen molar-refractivity contribution in [2.75, 3.05) is 32.6 Å². The molecule has 0 aromatic heterocycles. The van der Waals surface area contributed by atoms with Crippen LogP contribution in [0.4, 0.5) is 0 Å². The molecule has 5 nitrogen and oxygen atoms in total. The van der Waals surface area contributed by atoms with Crippen LogP contribution in [0.5, 0.6) is 0 Å². The molecular formula is C19H33N3O2S. The molecule has 25 heavy (non-hydrogen) atoms. The van der Waals surface area contributed by atoms with Gasteiger partial charge in [-0.1, -0.05) is 26.0 Å². The Morgan fingerprint density at radius 2 is 2.04 bits per heavy atom. The second-order valence-corrected chi connectivity index (χ2v) is 7.32. The van der Waals surface area contributed by atoms with Crippen molar-refractivity contribution in [3.8, 4) is 0 Å². The van der Waals surface area contributed by atoms with Crippen molar-refractivity contribution in [2.24, 2.45) is 10.9 Å². The zero-order valence-electron chi connectivity index (χ0n) is 16.1. The largest absolute Gasteiger partial charge is 0.389 e. The lowest BCUT2D eigenvalue weighted by Gasteiger charge is -2.16. The van der Waals surface area contributed by atoms with E-state index in [1.807, 2.05) is 6.92 Å². The molecule has 0 saturated carbocycles. The number of hydrogen-bond acceptors (Lipinski definition) is 4. The van der Waals surface area contributed by atoms with Gasteiger partial charge in [-0.15, -0.1) is 11.8 Å². The van der Waals surface area contributed by atoms with Crippen molar-refractivity contribution >= 4 is 17.7 Å². The van der Waals surface area contributed by atoms with Crippen LogP contribution in [0.25, 0.3) is 0 Å². The fourth-order valence-electron chi connectivity index (χ4n) is 2.20. The van der Waals surface area contributed by atoms with Crippen LogP contribution in [-0.4, -0.2) is 49.7 Å². The van der Waals surface area contributed by atoms with Crippen LogP contribution in [0.2, 0.25) is 0 Å². The van der Waals surface area contributed by atoms with Crippen LogP contribution in [0, 0.1) is 12.8 Å². The van der Waals surface area contributed by atoms with E-state index in [0.29, 0.717) is 38.2 Å². The number of aliphatic hydroxyl groups is 1. The maximum atomic E-state index is 10.0. The number of rotatable bonds is 10. The minimum absolute atomic E-state index is 0.333. The molecule has 0 saturated heterocycles. The Hall–Kier alpha value is -1.24. The lowest BCUT2D eigenvalue weighted by molar-refractivity contribution is 0.0280. The highest BCUT2D eigenvalue weighted by molar-refractivity contribution is 7.98. The van der Waals surface area contributed by atoms with Gasteiger partial charge in [0, 0.05) is 24.6 Å². The second kappa shape index (κ2) is 12.2. The molecule has 0 aliphatic carbocycles. The number of hydrogen-bond donors (Lipinski definition) is 3. The van der Waals surface area contributed by atoms with Crippen molar-refractivity contribution in [2.45, 2.75) is 45.2 Å². The summed E-state index contributed by atoms with van der Waals surface area (Å²) in [5, 5.41) is 16.4. The van der Waals surface area contributed by atoms with Gasteiger partial charge < -0.3 is 20.5 Å². The molecule has 1 aromatic rings. The van der Waals surface area contributed by atoms with Gasteiger partial charge in [0.2, 0.25) is 0 Å². The molecule has 3 N–H and O–H groups in total. The van der Waals surface area contributed by atoms with E-state index >= 15 is 0 Å². The summed E-state index contributed by atoms with van der Waals surface area (Å²) < 4.78 is 5.47. The Morgan fingerprint density at radius 3 is 2.68 bits per heavy atom. The smallest absolute Gasteiger partial charge is 0.191 e. The first-order valence-corrected chi connectivity index (χ1v) is 10.1. The average Bonchev–Trinajstić information content (AvgIpc) is 2.57. The van der Waals surface area contributed by atoms with Crippen LogP contribution in [0.1, 0.15) is 31.9 Å². The third-order valence-corrected chi connectivity index (χ3v) is 4.28. The number of nitrogens with one attached hydrogen (secondary N) is 2. The molecule has 1 atom stereocenters. The van der Waals surface area contributed by atoms with Crippen LogP contribution in [0.15, 0.2) is 28.1 Å². The van der Waals surface area contributed by atoms with Gasteiger partial charge in [0.25, 0.3) is 0 Å². The molecule has 142 valence electrons. The Kier molecular flexibility index (Phi) is 10.6. The van der Waals surface area contributed by atoms with E-state index in [0.717, 1.165) is 6.54 Å². The summed E-state index contributed by atoms with van der Waals surface area (Å²) in [7, 11) is 0. The number of ether oxygens (including phenoxy) is 1. The Labute approximate surface area is 156 Å². The maximum Gasteiger partial charge on any atom is 0.191 e. The predicted octanol–water partition coefficient (Wildman–Crippen LogP) is 2.81. The molecule has 1 aromatic carbocycles. The van der Waals surface area contributed by atoms with E-state index in [2.05, 4.69) is 60.9 Å². The Morgan fingerprint density at radius 1 is 1.28 bits per heavy atom. The predicted molar refractivity (Wildman–Crippen MR) is 107 cm³/mol. The summed E-state index contributed by atoms with van der Waals surface area (Å²) in [6.07, 6.45) is 1.53. The normalized spacial score (nSPS) is 13.2. The average molecular weight is 368 g/mol. The molecule has 6 heteroatoms. The molecule has 1 unspecified atom stereocenters. The molecular weight excluding hydrogens is 334 g/mol. The van der Waals surface area contributed by atoms with Gasteiger partial charge in [-0.25, -0.2) is 4.99 Å². The highest BCUT2D eigenvalue weighted by Gasteiger charge is 2.07. The number of thioether (sulfide) groups is 1. The van der Waals surface area contributed by atoms with E-state index in [9.17, 15) is 5.11 Å². The number of guanidine groups is 1. The van der Waals surface area contributed by atoms with Crippen LogP contribution >= 0.6 is 11.8 Å². The van der Waals surface area contributed by atoms with E-state index < -0.39 is 6.10 Å². The van der Waals surface area contributed by atoms with Crippen LogP contribution in [0.3, 0.4) is 0 Å². The zero-order valence-corrected chi connectivity index (χ0v) is 16.9. The summed E-state index contributed by atoms with van der Waals surface area (Å²) in [5.74, 6) is 1.18. The molecule has 0 aliphatic heterocycles. The number of aliphatic hydroxyl groups excluding tert-OH is 1. The maximum absolute atomic E-state index is 10.0. The summed E-state index contributed by atoms with van der Waals surface area (Å²) in [6.45, 7) is 11.1. The Balaban J connectivity index is 2.56. The summed E-state index contributed by atoms with van der Waals surface area (Å²) in [6, 6.07) is 6.43. The van der Waals surface area contributed by atoms with Crippen LogP contribution in [-0.2, 0) is 11.3 Å². The summed E-state index contributed by atoms with van der Waals surface area (Å²) in [4.78, 5) is 5.88. The fourth-order valence-corrected chi connectivity index (χ4v) is 2.90. The van der Waals surface area contributed by atoms with Gasteiger partial charge in [-0.3, -0.25) is 0 Å². The quantitative estimate of drug-likeness (QED) is 0.337. The first kappa shape index (κ1) is 21.8. The SMILES string of the molecule is CCNC(=NCc1ccc(C)cc1SC)NCC(O)COCC(C)C. The summed E-state index contributed by atoms with van der Waals surface area (Å²) in [5.41, 5.74) is 2.46. The van der Waals surface area contributed by atoms with Crippen molar-refractivity contribution < 1.29 is 9.84 Å². The van der Waals surface area contributed by atoms with E-state index in [4.69, 9.17) is 4.74 Å². The molecule has 0 spiro atoms. The third-order valence-electron chi connectivity index (χ3n) is 3.46. The zero-order chi connectivity index (χ0) is 18.7. The topological polar surface area (TPSA) is 65.9 Å². The van der Waals surface area contributed by atoms with E-state index in [1.54, 1.807) is 11.8 Å².